The zero-order chi connectivity index (χ0) is 13.3. The van der Waals surface area contributed by atoms with Crippen molar-refractivity contribution in [2.75, 3.05) is 0 Å². The fraction of sp³-hybridized carbons (Fsp3) is 0.182. The quantitative estimate of drug-likeness (QED) is 0.807. The summed E-state index contributed by atoms with van der Waals surface area (Å²) in [7, 11) is 0. The van der Waals surface area contributed by atoms with Gasteiger partial charge >= 0.3 is 6.18 Å². The number of pyridine rings is 1. The van der Waals surface area contributed by atoms with Crippen molar-refractivity contribution < 1.29 is 13.2 Å². The van der Waals surface area contributed by atoms with E-state index in [2.05, 4.69) is 15.0 Å². The summed E-state index contributed by atoms with van der Waals surface area (Å²) >= 11 is 4.74. The van der Waals surface area contributed by atoms with Gasteiger partial charge in [-0.2, -0.15) is 13.2 Å². The maximum Gasteiger partial charge on any atom is 0.449 e. The largest absolute Gasteiger partial charge is 0.449 e. The van der Waals surface area contributed by atoms with Gasteiger partial charge in [-0.3, -0.25) is 4.98 Å². The number of H-pyrrole nitrogens is 1. The van der Waals surface area contributed by atoms with Crippen LogP contribution in [-0.2, 0) is 6.18 Å². The first-order chi connectivity index (χ1) is 8.36. The van der Waals surface area contributed by atoms with Gasteiger partial charge in [0.1, 0.15) is 4.64 Å². The molecule has 0 amide bonds. The molecule has 3 nitrogen and oxygen atoms in total. The second kappa shape index (κ2) is 4.49. The molecule has 2 heterocycles. The number of hydrogen-bond donors (Lipinski definition) is 1. The lowest BCUT2D eigenvalue weighted by Crippen LogP contribution is -2.11. The van der Waals surface area contributed by atoms with Crippen molar-refractivity contribution in [2.45, 2.75) is 13.1 Å². The Labute approximate surface area is 106 Å². The summed E-state index contributed by atoms with van der Waals surface area (Å²) in [6.07, 6.45) is -3.03. The third kappa shape index (κ3) is 2.73. The predicted molar refractivity (Wildman–Crippen MR) is 62.4 cm³/mol. The van der Waals surface area contributed by atoms with Crippen LogP contribution in [0.5, 0.6) is 0 Å². The van der Waals surface area contributed by atoms with E-state index in [0.29, 0.717) is 11.3 Å². The highest BCUT2D eigenvalue weighted by Crippen LogP contribution is 2.28. The Hall–Kier alpha value is -1.76. The lowest BCUT2D eigenvalue weighted by Gasteiger charge is -2.08. The van der Waals surface area contributed by atoms with E-state index in [4.69, 9.17) is 12.2 Å². The molecule has 2 aromatic heterocycles. The molecule has 0 aromatic carbocycles. The number of aromatic nitrogens is 3. The second-order valence-corrected chi connectivity index (χ2v) is 4.08. The number of hydrogen-bond acceptors (Lipinski definition) is 3. The molecular formula is C11H8F3N3S. The summed E-state index contributed by atoms with van der Waals surface area (Å²) in [5.41, 5.74) is 1.56. The lowest BCUT2D eigenvalue weighted by atomic mass is 10.1. The predicted octanol–water partition coefficient (Wildman–Crippen LogP) is 3.53. The van der Waals surface area contributed by atoms with Gasteiger partial charge in [-0.15, -0.1) is 0 Å². The molecule has 2 aromatic rings. The molecular weight excluding hydrogens is 263 g/mol. The number of halogens is 3. The Balaban J connectivity index is 2.59. The molecule has 0 unspecified atom stereocenters. The fourth-order valence-electron chi connectivity index (χ4n) is 1.46. The van der Waals surface area contributed by atoms with E-state index in [1.807, 2.05) is 0 Å². The van der Waals surface area contributed by atoms with Gasteiger partial charge in [0.2, 0.25) is 5.82 Å². The van der Waals surface area contributed by atoms with Gasteiger partial charge in [-0.25, -0.2) is 4.98 Å². The number of aryl methyl sites for hydroxylation is 1. The molecule has 0 aliphatic carbocycles. The first-order valence-electron chi connectivity index (χ1n) is 4.98. The van der Waals surface area contributed by atoms with E-state index in [-0.39, 0.29) is 10.3 Å². The Morgan fingerprint density at radius 1 is 1.28 bits per heavy atom. The van der Waals surface area contributed by atoms with E-state index >= 15 is 0 Å². The number of rotatable bonds is 1. The average molecular weight is 271 g/mol. The SMILES string of the molecule is Cc1cc(-c2cc(=S)nc(C(F)(F)F)[nH]2)ccn1. The van der Waals surface area contributed by atoms with Gasteiger partial charge in [0.05, 0.1) is 5.69 Å². The van der Waals surface area contributed by atoms with E-state index in [9.17, 15) is 13.2 Å². The van der Waals surface area contributed by atoms with Crippen LogP contribution in [-0.4, -0.2) is 15.0 Å². The monoisotopic (exact) mass is 271 g/mol. The third-order valence-electron chi connectivity index (χ3n) is 2.22. The minimum absolute atomic E-state index is 0.106. The minimum atomic E-state index is -4.55. The van der Waals surface area contributed by atoms with Crippen LogP contribution in [0.15, 0.2) is 24.4 Å². The fourth-order valence-corrected chi connectivity index (χ4v) is 1.67. The van der Waals surface area contributed by atoms with Gasteiger partial charge in [-0.05, 0) is 25.1 Å². The van der Waals surface area contributed by atoms with E-state index in [0.717, 1.165) is 0 Å². The van der Waals surface area contributed by atoms with Crippen LogP contribution in [0, 0.1) is 11.6 Å². The van der Waals surface area contributed by atoms with E-state index < -0.39 is 12.0 Å². The van der Waals surface area contributed by atoms with Gasteiger partial charge < -0.3 is 4.98 Å². The minimum Gasteiger partial charge on any atom is -0.335 e. The zero-order valence-corrected chi connectivity index (χ0v) is 10.1. The van der Waals surface area contributed by atoms with Crippen LogP contribution in [0.1, 0.15) is 11.5 Å². The summed E-state index contributed by atoms with van der Waals surface area (Å²) in [6.45, 7) is 1.75. The number of alkyl halides is 3. The Morgan fingerprint density at radius 3 is 2.61 bits per heavy atom. The molecule has 1 N–H and O–H groups in total. The molecule has 94 valence electrons. The number of aromatic amines is 1. The topological polar surface area (TPSA) is 41.6 Å². The van der Waals surface area contributed by atoms with Crippen molar-refractivity contribution in [1.82, 2.24) is 15.0 Å². The average Bonchev–Trinajstić information content (AvgIpc) is 2.27. The maximum absolute atomic E-state index is 12.6. The molecule has 0 atom stereocenters. The van der Waals surface area contributed by atoms with E-state index in [1.165, 1.54) is 12.3 Å². The van der Waals surface area contributed by atoms with Gasteiger partial charge in [0, 0.05) is 17.5 Å². The van der Waals surface area contributed by atoms with Gasteiger partial charge in [0.15, 0.2) is 0 Å². The molecule has 0 saturated heterocycles. The summed E-state index contributed by atoms with van der Waals surface area (Å²) in [5, 5.41) is 0. The van der Waals surface area contributed by atoms with Crippen LogP contribution in [0.3, 0.4) is 0 Å². The first-order valence-corrected chi connectivity index (χ1v) is 5.39. The third-order valence-corrected chi connectivity index (χ3v) is 2.43. The summed E-state index contributed by atoms with van der Waals surface area (Å²) in [5.74, 6) is -1.10. The van der Waals surface area contributed by atoms with Crippen molar-refractivity contribution in [3.63, 3.8) is 0 Å². The molecule has 2 rings (SSSR count). The summed E-state index contributed by atoms with van der Waals surface area (Å²) in [4.78, 5) is 9.49. The molecule has 7 heteroatoms. The highest BCUT2D eigenvalue weighted by Gasteiger charge is 2.34. The van der Waals surface area contributed by atoms with Crippen LogP contribution >= 0.6 is 12.2 Å². The van der Waals surface area contributed by atoms with Gasteiger partial charge in [-0.1, -0.05) is 12.2 Å². The smallest absolute Gasteiger partial charge is 0.335 e. The highest BCUT2D eigenvalue weighted by atomic mass is 32.1. The van der Waals surface area contributed by atoms with Crippen molar-refractivity contribution in [2.24, 2.45) is 0 Å². The molecule has 0 fully saturated rings. The maximum atomic E-state index is 12.6. The first kappa shape index (κ1) is 12.7. The van der Waals surface area contributed by atoms with E-state index in [1.54, 1.807) is 19.1 Å². The molecule has 0 bridgehead atoms. The zero-order valence-electron chi connectivity index (χ0n) is 9.25. The van der Waals surface area contributed by atoms with Crippen LogP contribution in [0.25, 0.3) is 11.3 Å². The number of nitrogens with zero attached hydrogens (tertiary/aromatic N) is 2. The van der Waals surface area contributed by atoms with Crippen molar-refractivity contribution in [1.29, 1.82) is 0 Å². The molecule has 18 heavy (non-hydrogen) atoms. The standard InChI is InChI=1S/C11H8F3N3S/c1-6-4-7(2-3-15-6)8-5-9(18)17-10(16-8)11(12,13)14/h2-5H,1H3,(H,16,17,18). The molecule has 0 saturated carbocycles. The normalized spacial score (nSPS) is 11.6. The second-order valence-electron chi connectivity index (χ2n) is 3.67. The lowest BCUT2D eigenvalue weighted by molar-refractivity contribution is -0.144. The summed E-state index contributed by atoms with van der Waals surface area (Å²) in [6, 6.07) is 4.66. The Bertz CT molecular complexity index is 634. The van der Waals surface area contributed by atoms with Crippen LogP contribution < -0.4 is 0 Å². The number of nitrogens with one attached hydrogen (secondary N) is 1. The van der Waals surface area contributed by atoms with Crippen LogP contribution in [0.2, 0.25) is 0 Å². The highest BCUT2D eigenvalue weighted by molar-refractivity contribution is 7.71. The Kier molecular flexibility index (Phi) is 3.16. The Morgan fingerprint density at radius 2 is 2.00 bits per heavy atom. The molecule has 0 aliphatic rings. The molecule has 0 radical (unpaired) electrons. The van der Waals surface area contributed by atoms with Crippen molar-refractivity contribution in [3.05, 3.63) is 40.6 Å². The molecule has 0 spiro atoms. The van der Waals surface area contributed by atoms with Gasteiger partial charge in [0.25, 0.3) is 0 Å². The van der Waals surface area contributed by atoms with Crippen LogP contribution in [0.4, 0.5) is 13.2 Å². The van der Waals surface area contributed by atoms with Crippen molar-refractivity contribution >= 4 is 12.2 Å². The molecule has 0 aliphatic heterocycles. The van der Waals surface area contributed by atoms with Crippen molar-refractivity contribution in [3.8, 4) is 11.3 Å². The summed E-state index contributed by atoms with van der Waals surface area (Å²) < 4.78 is 37.7.